The lowest BCUT2D eigenvalue weighted by atomic mass is 10.1. The number of rotatable bonds is 5. The van der Waals surface area contributed by atoms with Crippen molar-refractivity contribution in [2.75, 3.05) is 11.9 Å². The molecule has 1 saturated carbocycles. The summed E-state index contributed by atoms with van der Waals surface area (Å²) >= 11 is 0. The molecule has 1 atom stereocenters. The highest BCUT2D eigenvalue weighted by atomic mass is 16.2. The number of hydrogen-bond donors (Lipinski definition) is 3. The van der Waals surface area contributed by atoms with Crippen molar-refractivity contribution < 1.29 is 4.79 Å². The molecule has 0 bridgehead atoms. The summed E-state index contributed by atoms with van der Waals surface area (Å²) in [4.78, 5) is 11.9. The van der Waals surface area contributed by atoms with Crippen molar-refractivity contribution >= 4 is 11.7 Å². The van der Waals surface area contributed by atoms with Crippen molar-refractivity contribution in [2.45, 2.75) is 51.6 Å². The Morgan fingerprint density at radius 1 is 1.35 bits per heavy atom. The molecule has 4 nitrogen and oxygen atoms in total. The van der Waals surface area contributed by atoms with Gasteiger partial charge in [-0.3, -0.25) is 0 Å². The zero-order valence-corrected chi connectivity index (χ0v) is 12.4. The maximum absolute atomic E-state index is 11.9. The summed E-state index contributed by atoms with van der Waals surface area (Å²) in [6.07, 6.45) is 4.65. The van der Waals surface area contributed by atoms with Crippen molar-refractivity contribution in [1.29, 1.82) is 0 Å². The van der Waals surface area contributed by atoms with E-state index in [1.54, 1.807) is 0 Å². The number of amides is 2. The van der Waals surface area contributed by atoms with Gasteiger partial charge < -0.3 is 16.0 Å². The Morgan fingerprint density at radius 2 is 2.10 bits per heavy atom. The maximum Gasteiger partial charge on any atom is 0.319 e. The fourth-order valence-electron chi connectivity index (χ4n) is 2.73. The Balaban J connectivity index is 1.91. The molecule has 0 aromatic heterocycles. The van der Waals surface area contributed by atoms with Crippen LogP contribution in [0.15, 0.2) is 24.3 Å². The summed E-state index contributed by atoms with van der Waals surface area (Å²) in [5.74, 6) is 0. The Bertz CT molecular complexity index is 441. The quantitative estimate of drug-likeness (QED) is 0.771. The molecule has 0 saturated heterocycles. The number of carbonyl (C=O) groups excluding carboxylic acids is 1. The van der Waals surface area contributed by atoms with Gasteiger partial charge in [0.05, 0.1) is 0 Å². The predicted octanol–water partition coefficient (Wildman–Crippen LogP) is 3.42. The Morgan fingerprint density at radius 3 is 2.80 bits per heavy atom. The molecular formula is C16H25N3O. The van der Waals surface area contributed by atoms with E-state index in [1.807, 2.05) is 18.2 Å². The monoisotopic (exact) mass is 275 g/mol. The summed E-state index contributed by atoms with van der Waals surface area (Å²) in [6, 6.07) is 8.56. The van der Waals surface area contributed by atoms with Gasteiger partial charge in [0, 0.05) is 17.8 Å². The van der Waals surface area contributed by atoms with Gasteiger partial charge in [-0.2, -0.15) is 0 Å². The molecule has 1 aliphatic rings. The number of anilines is 1. The Labute approximate surface area is 121 Å². The largest absolute Gasteiger partial charge is 0.335 e. The second-order valence-corrected chi connectivity index (χ2v) is 5.48. The van der Waals surface area contributed by atoms with Crippen molar-refractivity contribution in [3.05, 3.63) is 29.8 Å². The van der Waals surface area contributed by atoms with Gasteiger partial charge >= 0.3 is 6.03 Å². The summed E-state index contributed by atoms with van der Waals surface area (Å²) < 4.78 is 0. The fourth-order valence-corrected chi connectivity index (χ4v) is 2.73. The third-order valence-corrected chi connectivity index (χ3v) is 3.85. The maximum atomic E-state index is 11.9. The average Bonchev–Trinajstić information content (AvgIpc) is 2.92. The van der Waals surface area contributed by atoms with Crippen molar-refractivity contribution in [1.82, 2.24) is 10.6 Å². The van der Waals surface area contributed by atoms with Gasteiger partial charge in [0.2, 0.25) is 0 Å². The van der Waals surface area contributed by atoms with Gasteiger partial charge in [0.25, 0.3) is 0 Å². The highest BCUT2D eigenvalue weighted by Gasteiger charge is 2.17. The van der Waals surface area contributed by atoms with Crippen LogP contribution < -0.4 is 16.0 Å². The Kier molecular flexibility index (Phi) is 5.41. The van der Waals surface area contributed by atoms with Crippen LogP contribution in [0.3, 0.4) is 0 Å². The van der Waals surface area contributed by atoms with Crippen LogP contribution in [0.25, 0.3) is 0 Å². The highest BCUT2D eigenvalue weighted by molar-refractivity contribution is 5.89. The van der Waals surface area contributed by atoms with Crippen LogP contribution in [0, 0.1) is 0 Å². The molecule has 0 radical (unpaired) electrons. The van der Waals surface area contributed by atoms with Crippen LogP contribution in [0.1, 0.15) is 51.1 Å². The smallest absolute Gasteiger partial charge is 0.319 e. The van der Waals surface area contributed by atoms with E-state index < -0.39 is 0 Å². The molecule has 0 aliphatic heterocycles. The number of carbonyl (C=O) groups is 1. The van der Waals surface area contributed by atoms with Gasteiger partial charge in [-0.1, -0.05) is 31.9 Å². The molecule has 1 aliphatic carbocycles. The lowest BCUT2D eigenvalue weighted by Crippen LogP contribution is -2.36. The topological polar surface area (TPSA) is 53.2 Å². The molecule has 1 aromatic rings. The summed E-state index contributed by atoms with van der Waals surface area (Å²) in [7, 11) is 0. The summed E-state index contributed by atoms with van der Waals surface area (Å²) in [5.41, 5.74) is 2.04. The number of nitrogens with one attached hydrogen (secondary N) is 3. The first-order valence-electron chi connectivity index (χ1n) is 7.60. The average molecular weight is 275 g/mol. The lowest BCUT2D eigenvalue weighted by molar-refractivity contribution is 0.248. The Hall–Kier alpha value is -1.55. The first-order chi connectivity index (χ1) is 9.69. The molecule has 2 rings (SSSR count). The van der Waals surface area contributed by atoms with Gasteiger partial charge in [-0.15, -0.1) is 0 Å². The normalized spacial score (nSPS) is 16.9. The van der Waals surface area contributed by atoms with Gasteiger partial charge in [0.1, 0.15) is 0 Å². The van der Waals surface area contributed by atoms with Crippen LogP contribution in [-0.2, 0) is 0 Å². The molecule has 0 heterocycles. The van der Waals surface area contributed by atoms with Gasteiger partial charge in [-0.05, 0) is 44.0 Å². The van der Waals surface area contributed by atoms with Crippen molar-refractivity contribution in [2.24, 2.45) is 0 Å². The van der Waals surface area contributed by atoms with Crippen molar-refractivity contribution in [3.8, 4) is 0 Å². The van der Waals surface area contributed by atoms with Gasteiger partial charge in [-0.25, -0.2) is 4.79 Å². The fraction of sp³-hybridized carbons (Fsp3) is 0.562. The first-order valence-corrected chi connectivity index (χ1v) is 7.60. The summed E-state index contributed by atoms with van der Waals surface area (Å²) in [5, 5.41) is 9.34. The molecule has 3 N–H and O–H groups in total. The van der Waals surface area contributed by atoms with Crippen LogP contribution in [-0.4, -0.2) is 18.6 Å². The zero-order valence-electron chi connectivity index (χ0n) is 12.4. The molecule has 0 spiro atoms. The van der Waals surface area contributed by atoms with Gasteiger partial charge in [0.15, 0.2) is 0 Å². The third-order valence-electron chi connectivity index (χ3n) is 3.85. The molecule has 1 fully saturated rings. The lowest BCUT2D eigenvalue weighted by Gasteiger charge is -2.16. The highest BCUT2D eigenvalue weighted by Crippen LogP contribution is 2.19. The second kappa shape index (κ2) is 7.29. The van der Waals surface area contributed by atoms with E-state index in [-0.39, 0.29) is 6.03 Å². The van der Waals surface area contributed by atoms with E-state index in [4.69, 9.17) is 0 Å². The van der Waals surface area contributed by atoms with Crippen LogP contribution in [0.2, 0.25) is 0 Å². The van der Waals surface area contributed by atoms with E-state index in [0.717, 1.165) is 25.1 Å². The van der Waals surface area contributed by atoms with Crippen molar-refractivity contribution in [3.63, 3.8) is 0 Å². The van der Waals surface area contributed by atoms with E-state index in [2.05, 4.69) is 35.9 Å². The zero-order chi connectivity index (χ0) is 14.4. The van der Waals surface area contributed by atoms with Crippen LogP contribution in [0.4, 0.5) is 10.5 Å². The minimum atomic E-state index is -0.0925. The van der Waals surface area contributed by atoms with Crippen LogP contribution in [0.5, 0.6) is 0 Å². The first kappa shape index (κ1) is 14.9. The molecule has 110 valence electrons. The minimum Gasteiger partial charge on any atom is -0.335 e. The molecule has 4 heteroatoms. The van der Waals surface area contributed by atoms with Crippen LogP contribution >= 0.6 is 0 Å². The molecular weight excluding hydrogens is 250 g/mol. The molecule has 20 heavy (non-hydrogen) atoms. The van der Waals surface area contributed by atoms with E-state index in [9.17, 15) is 4.79 Å². The number of urea groups is 1. The molecule has 1 aromatic carbocycles. The third kappa shape index (κ3) is 4.23. The predicted molar refractivity (Wildman–Crippen MR) is 82.9 cm³/mol. The number of benzene rings is 1. The minimum absolute atomic E-state index is 0.0925. The van der Waals surface area contributed by atoms with E-state index >= 15 is 0 Å². The molecule has 2 amide bonds. The van der Waals surface area contributed by atoms with E-state index in [0.29, 0.717) is 12.1 Å². The van der Waals surface area contributed by atoms with E-state index in [1.165, 1.54) is 18.4 Å². The second-order valence-electron chi connectivity index (χ2n) is 5.48. The SMILES string of the molecule is CCNC(C)c1cccc(NC(=O)NC2CCCC2)c1. The standard InChI is InChI=1S/C16H25N3O/c1-3-17-12(2)13-7-6-10-15(11-13)19-16(20)18-14-8-4-5-9-14/h6-7,10-12,14,17H,3-5,8-9H2,1-2H3,(H2,18,19,20). The molecule has 1 unspecified atom stereocenters. The number of hydrogen-bond acceptors (Lipinski definition) is 2. The summed E-state index contributed by atoms with van der Waals surface area (Å²) in [6.45, 7) is 5.15.